The van der Waals surface area contributed by atoms with Crippen molar-refractivity contribution in [2.75, 3.05) is 5.75 Å². The van der Waals surface area contributed by atoms with E-state index in [0.29, 0.717) is 6.42 Å². The molecular weight excluding hydrogens is 256 g/mol. The molecular formula is C12H20O3S2. The maximum absolute atomic E-state index is 10.5. The van der Waals surface area contributed by atoms with Crippen LogP contribution in [0.5, 0.6) is 0 Å². The van der Waals surface area contributed by atoms with E-state index in [1.807, 2.05) is 0 Å². The van der Waals surface area contributed by atoms with E-state index in [0.717, 1.165) is 25.7 Å². The fourth-order valence-electron chi connectivity index (χ4n) is 1.76. The van der Waals surface area contributed by atoms with Gasteiger partial charge in [-0.2, -0.15) is 19.8 Å². The minimum absolute atomic E-state index is 0.0953. The number of hydrogen-bond acceptors (Lipinski definition) is 3. The molecule has 5 heteroatoms. The van der Waals surface area contributed by atoms with Gasteiger partial charge in [-0.1, -0.05) is 25.7 Å². The summed E-state index contributed by atoms with van der Waals surface area (Å²) in [4.78, 5) is 0. The summed E-state index contributed by atoms with van der Waals surface area (Å²) in [5.74, 6) is -0.0953. The average Bonchev–Trinajstić information content (AvgIpc) is 2.73. The predicted molar refractivity (Wildman–Crippen MR) is 72.1 cm³/mol. The van der Waals surface area contributed by atoms with E-state index < -0.39 is 10.1 Å². The van der Waals surface area contributed by atoms with Crippen LogP contribution in [-0.2, 0) is 16.5 Å². The molecule has 1 aromatic rings. The van der Waals surface area contributed by atoms with Crippen LogP contribution in [0.1, 0.15) is 44.1 Å². The van der Waals surface area contributed by atoms with Crippen molar-refractivity contribution in [3.8, 4) is 0 Å². The second-order valence-electron chi connectivity index (χ2n) is 4.29. The molecule has 0 amide bonds. The van der Waals surface area contributed by atoms with Gasteiger partial charge in [0.1, 0.15) is 0 Å². The van der Waals surface area contributed by atoms with Crippen molar-refractivity contribution in [1.29, 1.82) is 0 Å². The lowest BCUT2D eigenvalue weighted by atomic mass is 10.1. The van der Waals surface area contributed by atoms with Crippen LogP contribution in [0.2, 0.25) is 0 Å². The molecule has 3 nitrogen and oxygen atoms in total. The molecule has 0 aromatic carbocycles. The third-order valence-corrected chi connectivity index (χ3v) is 4.23. The average molecular weight is 276 g/mol. The van der Waals surface area contributed by atoms with Crippen LogP contribution in [0.4, 0.5) is 0 Å². The van der Waals surface area contributed by atoms with Gasteiger partial charge in [-0.15, -0.1) is 0 Å². The normalized spacial score (nSPS) is 11.8. The Kier molecular flexibility index (Phi) is 6.77. The van der Waals surface area contributed by atoms with E-state index in [9.17, 15) is 8.42 Å². The van der Waals surface area contributed by atoms with Crippen LogP contribution in [0.3, 0.4) is 0 Å². The van der Waals surface area contributed by atoms with E-state index in [-0.39, 0.29) is 5.75 Å². The summed E-state index contributed by atoms with van der Waals surface area (Å²) in [5, 5.41) is 4.29. The van der Waals surface area contributed by atoms with Crippen molar-refractivity contribution in [3.05, 3.63) is 22.4 Å². The summed E-state index contributed by atoms with van der Waals surface area (Å²) < 4.78 is 29.4. The quantitative estimate of drug-likeness (QED) is 0.554. The Bertz CT molecular complexity index is 382. The van der Waals surface area contributed by atoms with E-state index in [1.165, 1.54) is 18.4 Å². The fourth-order valence-corrected chi connectivity index (χ4v) is 3.03. The molecule has 0 fully saturated rings. The Morgan fingerprint density at radius 3 is 2.29 bits per heavy atom. The molecule has 0 unspecified atom stereocenters. The summed E-state index contributed by atoms with van der Waals surface area (Å²) in [6.07, 6.45) is 7.21. The van der Waals surface area contributed by atoms with E-state index in [2.05, 4.69) is 16.8 Å². The number of rotatable bonds is 9. The SMILES string of the molecule is O=S(=O)(O)CCCCCCCCc1ccsc1. The van der Waals surface area contributed by atoms with Gasteiger partial charge in [-0.25, -0.2) is 0 Å². The van der Waals surface area contributed by atoms with Crippen LogP contribution < -0.4 is 0 Å². The first-order valence-electron chi connectivity index (χ1n) is 6.04. The topological polar surface area (TPSA) is 54.4 Å². The third kappa shape index (κ3) is 8.35. The Hall–Kier alpha value is -0.390. The molecule has 0 aliphatic carbocycles. The lowest BCUT2D eigenvalue weighted by molar-refractivity contribution is 0.478. The van der Waals surface area contributed by atoms with Gasteiger partial charge in [-0.05, 0) is 41.7 Å². The first-order chi connectivity index (χ1) is 8.08. The molecule has 98 valence electrons. The van der Waals surface area contributed by atoms with Crippen molar-refractivity contribution in [1.82, 2.24) is 0 Å². The Morgan fingerprint density at radius 2 is 1.71 bits per heavy atom. The number of hydrogen-bond donors (Lipinski definition) is 1. The lowest BCUT2D eigenvalue weighted by Gasteiger charge is -2.00. The molecule has 0 spiro atoms. The fraction of sp³-hybridized carbons (Fsp3) is 0.667. The molecule has 1 aromatic heterocycles. The molecule has 1 N–H and O–H groups in total. The van der Waals surface area contributed by atoms with Crippen LogP contribution >= 0.6 is 11.3 Å². The maximum atomic E-state index is 10.5. The van der Waals surface area contributed by atoms with Crippen molar-refractivity contribution in [3.63, 3.8) is 0 Å². The van der Waals surface area contributed by atoms with E-state index >= 15 is 0 Å². The van der Waals surface area contributed by atoms with Crippen molar-refractivity contribution in [2.24, 2.45) is 0 Å². The predicted octanol–water partition coefficient (Wildman–Crippen LogP) is 3.52. The summed E-state index contributed by atoms with van der Waals surface area (Å²) in [5.41, 5.74) is 1.42. The Balaban J connectivity index is 1.88. The minimum atomic E-state index is -3.75. The summed E-state index contributed by atoms with van der Waals surface area (Å²) >= 11 is 1.74. The molecule has 0 atom stereocenters. The minimum Gasteiger partial charge on any atom is -0.286 e. The van der Waals surface area contributed by atoms with Crippen LogP contribution in [0.25, 0.3) is 0 Å². The monoisotopic (exact) mass is 276 g/mol. The highest BCUT2D eigenvalue weighted by Gasteiger charge is 2.02. The first kappa shape index (κ1) is 14.7. The van der Waals surface area contributed by atoms with Gasteiger partial charge in [0.05, 0.1) is 5.75 Å². The van der Waals surface area contributed by atoms with Gasteiger partial charge in [0.2, 0.25) is 0 Å². The highest BCUT2D eigenvalue weighted by molar-refractivity contribution is 7.85. The zero-order valence-electron chi connectivity index (χ0n) is 9.97. The van der Waals surface area contributed by atoms with Gasteiger partial charge >= 0.3 is 0 Å². The Labute approximate surface area is 108 Å². The Morgan fingerprint density at radius 1 is 1.06 bits per heavy atom. The van der Waals surface area contributed by atoms with Crippen LogP contribution in [-0.4, -0.2) is 18.7 Å². The summed E-state index contributed by atoms with van der Waals surface area (Å²) in [7, 11) is -3.75. The molecule has 1 rings (SSSR count). The third-order valence-electron chi connectivity index (χ3n) is 2.70. The molecule has 0 aliphatic heterocycles. The van der Waals surface area contributed by atoms with Gasteiger partial charge < -0.3 is 0 Å². The van der Waals surface area contributed by atoms with Gasteiger partial charge in [0, 0.05) is 0 Å². The van der Waals surface area contributed by atoms with Crippen LogP contribution in [0, 0.1) is 0 Å². The maximum Gasteiger partial charge on any atom is 0.264 e. The molecule has 0 radical (unpaired) electrons. The smallest absolute Gasteiger partial charge is 0.264 e. The van der Waals surface area contributed by atoms with Crippen LogP contribution in [0.15, 0.2) is 16.8 Å². The molecule has 1 heterocycles. The highest BCUT2D eigenvalue weighted by Crippen LogP contribution is 2.12. The number of thiophene rings is 1. The van der Waals surface area contributed by atoms with Gasteiger partial charge in [0.15, 0.2) is 0 Å². The number of aryl methyl sites for hydroxylation is 1. The molecule has 0 aliphatic rings. The summed E-state index contributed by atoms with van der Waals surface area (Å²) in [6.45, 7) is 0. The highest BCUT2D eigenvalue weighted by atomic mass is 32.2. The second-order valence-corrected chi connectivity index (χ2v) is 6.64. The van der Waals surface area contributed by atoms with Gasteiger partial charge in [0.25, 0.3) is 10.1 Å². The molecule has 0 saturated carbocycles. The van der Waals surface area contributed by atoms with Crippen molar-refractivity contribution < 1.29 is 13.0 Å². The first-order valence-corrected chi connectivity index (χ1v) is 8.59. The molecule has 0 saturated heterocycles. The second kappa shape index (κ2) is 7.84. The lowest BCUT2D eigenvalue weighted by Crippen LogP contribution is -2.03. The molecule has 17 heavy (non-hydrogen) atoms. The largest absolute Gasteiger partial charge is 0.286 e. The van der Waals surface area contributed by atoms with Crippen molar-refractivity contribution in [2.45, 2.75) is 44.9 Å². The standard InChI is InChI=1S/C12H20O3S2/c13-17(14,15)10-6-4-2-1-3-5-7-12-8-9-16-11-12/h8-9,11H,1-7,10H2,(H,13,14,15). The zero-order chi connectivity index (χ0) is 12.6. The van der Waals surface area contributed by atoms with E-state index in [1.54, 1.807) is 11.3 Å². The molecule has 0 bridgehead atoms. The summed E-state index contributed by atoms with van der Waals surface area (Å²) in [6, 6.07) is 2.16. The van der Waals surface area contributed by atoms with Gasteiger partial charge in [-0.3, -0.25) is 4.55 Å². The number of unbranched alkanes of at least 4 members (excludes halogenated alkanes) is 5. The van der Waals surface area contributed by atoms with E-state index in [4.69, 9.17) is 4.55 Å². The zero-order valence-corrected chi connectivity index (χ0v) is 11.6. The van der Waals surface area contributed by atoms with Crippen molar-refractivity contribution >= 4 is 21.5 Å².